The highest BCUT2D eigenvalue weighted by atomic mass is 16.5. The summed E-state index contributed by atoms with van der Waals surface area (Å²) in [5.74, 6) is 1.78. The molecule has 6 heteroatoms. The van der Waals surface area contributed by atoms with Crippen LogP contribution in [0, 0.1) is 13.8 Å². The molecule has 0 saturated carbocycles. The highest BCUT2D eigenvalue weighted by Gasteiger charge is 2.22. The monoisotopic (exact) mass is 407 g/mol. The number of benzene rings is 2. The lowest BCUT2D eigenvalue weighted by atomic mass is 10.1. The summed E-state index contributed by atoms with van der Waals surface area (Å²) >= 11 is 0. The third kappa shape index (κ3) is 4.28. The summed E-state index contributed by atoms with van der Waals surface area (Å²) < 4.78 is 11.0. The number of hydrogen-bond donors (Lipinski definition) is 1. The second-order valence-corrected chi connectivity index (χ2v) is 7.79. The van der Waals surface area contributed by atoms with Crippen molar-refractivity contribution in [2.45, 2.75) is 13.8 Å². The van der Waals surface area contributed by atoms with Crippen LogP contribution in [0.3, 0.4) is 0 Å². The molecule has 2 aromatic carbocycles. The summed E-state index contributed by atoms with van der Waals surface area (Å²) in [6, 6.07) is 13.6. The number of carbonyl (C=O) groups excluding carboxylic acids is 1. The average molecular weight is 408 g/mol. The number of aromatic nitrogens is 1. The normalized spacial score (nSPS) is 14.8. The first-order valence-corrected chi connectivity index (χ1v) is 10.4. The number of ether oxygens (including phenoxy) is 2. The molecule has 1 N–H and O–H groups in total. The summed E-state index contributed by atoms with van der Waals surface area (Å²) in [5.41, 5.74) is 4.21. The van der Waals surface area contributed by atoms with Crippen LogP contribution < -0.4 is 9.47 Å². The van der Waals surface area contributed by atoms with Gasteiger partial charge in [-0.2, -0.15) is 0 Å². The predicted octanol–water partition coefficient (Wildman–Crippen LogP) is 3.63. The van der Waals surface area contributed by atoms with Crippen molar-refractivity contribution >= 4 is 16.8 Å². The van der Waals surface area contributed by atoms with Crippen molar-refractivity contribution < 1.29 is 14.3 Å². The van der Waals surface area contributed by atoms with Crippen LogP contribution in [-0.4, -0.2) is 67.1 Å². The predicted molar refractivity (Wildman–Crippen MR) is 119 cm³/mol. The Balaban J connectivity index is 1.27. The number of hydrogen-bond acceptors (Lipinski definition) is 4. The molecule has 158 valence electrons. The second-order valence-electron chi connectivity index (χ2n) is 7.79. The van der Waals surface area contributed by atoms with Crippen LogP contribution in [0.25, 0.3) is 10.9 Å². The first-order valence-electron chi connectivity index (χ1n) is 10.4. The van der Waals surface area contributed by atoms with Gasteiger partial charge in [-0.3, -0.25) is 9.69 Å². The maximum atomic E-state index is 13.0. The molecule has 6 nitrogen and oxygen atoms in total. The van der Waals surface area contributed by atoms with Gasteiger partial charge in [0.05, 0.1) is 7.11 Å². The molecule has 1 fully saturated rings. The van der Waals surface area contributed by atoms with E-state index in [2.05, 4.69) is 23.7 Å². The van der Waals surface area contributed by atoms with Crippen LogP contribution in [0.2, 0.25) is 0 Å². The zero-order valence-corrected chi connectivity index (χ0v) is 17.9. The fourth-order valence-electron chi connectivity index (χ4n) is 3.92. The number of piperazine rings is 1. The first-order chi connectivity index (χ1) is 14.5. The fourth-order valence-corrected chi connectivity index (χ4v) is 3.92. The number of fused-ring (bicyclic) bond motifs is 1. The molecule has 4 rings (SSSR count). The highest BCUT2D eigenvalue weighted by molar-refractivity contribution is 5.99. The van der Waals surface area contributed by atoms with Gasteiger partial charge in [0.25, 0.3) is 5.91 Å². The van der Waals surface area contributed by atoms with Crippen LogP contribution in [0.1, 0.15) is 21.6 Å². The third-order valence-corrected chi connectivity index (χ3v) is 5.95. The Morgan fingerprint density at radius 3 is 2.40 bits per heavy atom. The van der Waals surface area contributed by atoms with E-state index < -0.39 is 0 Å². The zero-order chi connectivity index (χ0) is 21.1. The Hall–Kier alpha value is -2.99. The molecular weight excluding hydrogens is 378 g/mol. The molecule has 0 radical (unpaired) electrons. The fraction of sp³-hybridized carbons (Fsp3) is 0.375. The van der Waals surface area contributed by atoms with Gasteiger partial charge in [-0.1, -0.05) is 0 Å². The molecule has 1 aliphatic rings. The zero-order valence-electron chi connectivity index (χ0n) is 17.9. The van der Waals surface area contributed by atoms with E-state index in [1.54, 1.807) is 7.11 Å². The Morgan fingerprint density at radius 2 is 1.70 bits per heavy atom. The van der Waals surface area contributed by atoms with Gasteiger partial charge in [0, 0.05) is 54.9 Å². The summed E-state index contributed by atoms with van der Waals surface area (Å²) in [6.07, 6.45) is 0. The molecule has 1 aliphatic heterocycles. The minimum absolute atomic E-state index is 0.115. The molecule has 1 amide bonds. The van der Waals surface area contributed by atoms with Crippen LogP contribution in [0.4, 0.5) is 0 Å². The van der Waals surface area contributed by atoms with E-state index in [4.69, 9.17) is 9.47 Å². The van der Waals surface area contributed by atoms with Crippen LogP contribution in [0.15, 0.2) is 42.5 Å². The van der Waals surface area contributed by atoms with E-state index in [0.29, 0.717) is 6.61 Å². The molecule has 0 spiro atoms. The number of aromatic amines is 1. The van der Waals surface area contributed by atoms with E-state index in [1.165, 1.54) is 5.56 Å². The molecule has 2 heterocycles. The summed E-state index contributed by atoms with van der Waals surface area (Å²) in [6.45, 7) is 8.84. The maximum Gasteiger partial charge on any atom is 0.253 e. The van der Waals surface area contributed by atoms with E-state index in [0.717, 1.165) is 66.4 Å². The number of H-pyrrole nitrogens is 1. The van der Waals surface area contributed by atoms with E-state index in [9.17, 15) is 4.79 Å². The van der Waals surface area contributed by atoms with Gasteiger partial charge in [0.2, 0.25) is 0 Å². The van der Waals surface area contributed by atoms with Crippen molar-refractivity contribution in [3.63, 3.8) is 0 Å². The van der Waals surface area contributed by atoms with Gasteiger partial charge in [0.15, 0.2) is 0 Å². The lowest BCUT2D eigenvalue weighted by Gasteiger charge is -2.34. The van der Waals surface area contributed by atoms with Crippen molar-refractivity contribution in [3.8, 4) is 11.5 Å². The quantitative estimate of drug-likeness (QED) is 0.678. The molecule has 3 aromatic rings. The molecule has 0 atom stereocenters. The number of methoxy groups -OCH3 is 1. The van der Waals surface area contributed by atoms with Crippen molar-refractivity contribution in [2.24, 2.45) is 0 Å². The molecule has 30 heavy (non-hydrogen) atoms. The number of nitrogens with one attached hydrogen (secondary N) is 1. The molecular formula is C24H29N3O3. The van der Waals surface area contributed by atoms with E-state index >= 15 is 0 Å². The maximum absolute atomic E-state index is 13.0. The minimum Gasteiger partial charge on any atom is -0.497 e. The average Bonchev–Trinajstić information content (AvgIpc) is 3.07. The number of carbonyl (C=O) groups is 1. The highest BCUT2D eigenvalue weighted by Crippen LogP contribution is 2.23. The molecule has 1 aromatic heterocycles. The molecule has 1 saturated heterocycles. The smallest absolute Gasteiger partial charge is 0.253 e. The first kappa shape index (κ1) is 20.3. The van der Waals surface area contributed by atoms with Crippen LogP contribution in [-0.2, 0) is 0 Å². The Morgan fingerprint density at radius 1 is 1.00 bits per heavy atom. The number of rotatable bonds is 6. The SMILES string of the molecule is COc1ccc(OCCN2CCN(C(=O)c3ccc4[nH]c(C)c(C)c4c3)CC2)cc1. The van der Waals surface area contributed by atoms with E-state index in [1.807, 2.05) is 47.4 Å². The number of amides is 1. The topological polar surface area (TPSA) is 57.8 Å². The third-order valence-electron chi connectivity index (χ3n) is 5.95. The van der Waals surface area contributed by atoms with Gasteiger partial charge in [-0.15, -0.1) is 0 Å². The van der Waals surface area contributed by atoms with Crippen LogP contribution >= 0.6 is 0 Å². The molecule has 0 unspecified atom stereocenters. The number of aryl methyl sites for hydroxylation is 2. The van der Waals surface area contributed by atoms with Gasteiger partial charge >= 0.3 is 0 Å². The van der Waals surface area contributed by atoms with Crippen LogP contribution in [0.5, 0.6) is 11.5 Å². The second kappa shape index (κ2) is 8.79. The lowest BCUT2D eigenvalue weighted by Crippen LogP contribution is -2.49. The number of nitrogens with zero attached hydrogens (tertiary/aromatic N) is 2. The van der Waals surface area contributed by atoms with Crippen molar-refractivity contribution in [3.05, 3.63) is 59.3 Å². The van der Waals surface area contributed by atoms with Gasteiger partial charge in [0.1, 0.15) is 18.1 Å². The van der Waals surface area contributed by atoms with Gasteiger partial charge < -0.3 is 19.4 Å². The van der Waals surface area contributed by atoms with E-state index in [-0.39, 0.29) is 5.91 Å². The minimum atomic E-state index is 0.115. The van der Waals surface area contributed by atoms with Crippen molar-refractivity contribution in [2.75, 3.05) is 46.4 Å². The van der Waals surface area contributed by atoms with Gasteiger partial charge in [-0.25, -0.2) is 0 Å². The lowest BCUT2D eigenvalue weighted by molar-refractivity contribution is 0.0620. The van der Waals surface area contributed by atoms with Crippen molar-refractivity contribution in [1.29, 1.82) is 0 Å². The Labute approximate surface area is 177 Å². The summed E-state index contributed by atoms with van der Waals surface area (Å²) in [5, 5.41) is 1.13. The van der Waals surface area contributed by atoms with Gasteiger partial charge in [-0.05, 0) is 61.9 Å². The molecule has 0 aliphatic carbocycles. The summed E-state index contributed by atoms with van der Waals surface area (Å²) in [4.78, 5) is 20.6. The van der Waals surface area contributed by atoms with Crippen molar-refractivity contribution in [1.82, 2.24) is 14.8 Å². The standard InChI is InChI=1S/C24H29N3O3/c1-17-18(2)25-23-9-4-19(16-22(17)23)24(28)27-12-10-26(11-13-27)14-15-30-21-7-5-20(29-3)6-8-21/h4-9,16,25H,10-15H2,1-3H3. The Kier molecular flexibility index (Phi) is 5.95. The molecule has 0 bridgehead atoms. The Bertz CT molecular complexity index is 1020. The summed E-state index contributed by atoms with van der Waals surface area (Å²) in [7, 11) is 1.65. The largest absolute Gasteiger partial charge is 0.497 e.